The van der Waals surface area contributed by atoms with Crippen LogP contribution in [-0.4, -0.2) is 42.8 Å². The molecule has 2 atom stereocenters. The van der Waals surface area contributed by atoms with Gasteiger partial charge in [0, 0.05) is 36.5 Å². The summed E-state index contributed by atoms with van der Waals surface area (Å²) < 4.78 is 72.3. The molecule has 1 amide bonds. The van der Waals surface area contributed by atoms with Crippen LogP contribution in [0.15, 0.2) is 101 Å². The van der Waals surface area contributed by atoms with Gasteiger partial charge in [-0.3, -0.25) is 4.79 Å². The number of aliphatic imine (C=N–C) groups is 1. The third kappa shape index (κ3) is 8.33. The van der Waals surface area contributed by atoms with Gasteiger partial charge in [-0.15, -0.1) is 0 Å². The summed E-state index contributed by atoms with van der Waals surface area (Å²) >= 11 is 0. The largest absolute Gasteiger partial charge is 0.497 e. The topological polar surface area (TPSA) is 138 Å². The molecule has 0 bridgehead atoms. The number of benzene rings is 4. The molecule has 0 aliphatic carbocycles. The van der Waals surface area contributed by atoms with Gasteiger partial charge in [-0.2, -0.15) is 13.2 Å². The molecule has 5 rings (SSSR count). The Kier molecular flexibility index (Phi) is 11.2. The summed E-state index contributed by atoms with van der Waals surface area (Å²) in [5, 5.41) is 15.5. The molecule has 0 saturated heterocycles. The lowest BCUT2D eigenvalue weighted by Gasteiger charge is -2.31. The van der Waals surface area contributed by atoms with E-state index in [0.717, 1.165) is 12.1 Å². The number of hydrogen-bond donors (Lipinski definition) is 2. The Balaban J connectivity index is 1.62. The van der Waals surface area contributed by atoms with Gasteiger partial charge in [-0.1, -0.05) is 41.5 Å². The van der Waals surface area contributed by atoms with E-state index in [0.29, 0.717) is 52.8 Å². The number of nitrogens with zero attached hydrogens (tertiary/aromatic N) is 4. The lowest BCUT2D eigenvalue weighted by molar-refractivity contribution is -0.137. The predicted molar refractivity (Wildman–Crippen MR) is 176 cm³/mol. The van der Waals surface area contributed by atoms with E-state index in [9.17, 15) is 22.4 Å². The first-order chi connectivity index (χ1) is 24.1. The van der Waals surface area contributed by atoms with E-state index in [4.69, 9.17) is 29.8 Å². The number of halogens is 4. The van der Waals surface area contributed by atoms with Crippen LogP contribution in [0.1, 0.15) is 45.9 Å². The average molecular weight is 692 g/mol. The normalized spacial score (nSPS) is 16.9. The van der Waals surface area contributed by atoms with Gasteiger partial charge in [0.2, 0.25) is 5.90 Å². The highest BCUT2D eigenvalue weighted by Crippen LogP contribution is 2.44. The van der Waals surface area contributed by atoms with Crippen LogP contribution in [0.3, 0.4) is 0 Å². The van der Waals surface area contributed by atoms with Crippen molar-refractivity contribution in [3.63, 3.8) is 0 Å². The number of amides is 1. The number of azide groups is 1. The highest BCUT2D eigenvalue weighted by atomic mass is 19.4. The number of hydrogen-bond acceptors (Lipinski definition) is 7. The highest BCUT2D eigenvalue weighted by molar-refractivity contribution is 6.01. The number of rotatable bonds is 14. The van der Waals surface area contributed by atoms with Crippen molar-refractivity contribution in [1.29, 1.82) is 0 Å². The van der Waals surface area contributed by atoms with Gasteiger partial charge in [0.05, 0.1) is 25.8 Å². The number of aliphatic hydroxyl groups excluding tert-OH is 1. The molecule has 2 N–H and O–H groups in total. The fourth-order valence-electron chi connectivity index (χ4n) is 5.62. The lowest BCUT2D eigenvalue weighted by Crippen LogP contribution is -2.49. The Bertz CT molecular complexity index is 1900. The van der Waals surface area contributed by atoms with Crippen molar-refractivity contribution in [2.45, 2.75) is 43.8 Å². The number of carbonyl (C=O) groups is 1. The van der Waals surface area contributed by atoms with Crippen molar-refractivity contribution >= 4 is 11.8 Å². The summed E-state index contributed by atoms with van der Waals surface area (Å²) in [4.78, 5) is 22.4. The van der Waals surface area contributed by atoms with E-state index in [1.165, 1.54) is 7.11 Å². The summed E-state index contributed by atoms with van der Waals surface area (Å²) in [7, 11) is 1.49. The molecule has 0 radical (unpaired) electrons. The van der Waals surface area contributed by atoms with E-state index in [2.05, 4.69) is 15.3 Å². The van der Waals surface area contributed by atoms with Crippen LogP contribution in [0.25, 0.3) is 10.4 Å². The minimum Gasteiger partial charge on any atom is -0.497 e. The van der Waals surface area contributed by atoms with Crippen molar-refractivity contribution in [3.8, 4) is 11.5 Å². The predicted octanol–water partition coefficient (Wildman–Crippen LogP) is 7.24. The van der Waals surface area contributed by atoms with Crippen molar-refractivity contribution in [2.75, 3.05) is 20.3 Å². The van der Waals surface area contributed by atoms with Gasteiger partial charge >= 0.3 is 6.18 Å². The molecule has 4 aromatic carbocycles. The van der Waals surface area contributed by atoms with Crippen molar-refractivity contribution in [3.05, 3.63) is 141 Å². The lowest BCUT2D eigenvalue weighted by atomic mass is 9.80. The Labute approximate surface area is 285 Å². The number of methoxy groups -OCH3 is 1. The van der Waals surface area contributed by atoms with E-state index >= 15 is 0 Å². The van der Waals surface area contributed by atoms with Crippen LogP contribution >= 0.6 is 0 Å². The number of carbonyl (C=O) groups excluding carboxylic acids is 1. The molecule has 14 heteroatoms. The fourth-order valence-corrected chi connectivity index (χ4v) is 5.62. The van der Waals surface area contributed by atoms with E-state index in [1.54, 1.807) is 72.8 Å². The molecule has 1 heterocycles. The van der Waals surface area contributed by atoms with Gasteiger partial charge in [-0.05, 0) is 82.4 Å². The number of nitrogens with one attached hydrogen (secondary N) is 1. The molecule has 1 aliphatic heterocycles. The smallest absolute Gasteiger partial charge is 0.416 e. The number of aliphatic hydroxyl groups is 1. The Hall–Kier alpha value is -5.59. The highest BCUT2D eigenvalue weighted by Gasteiger charge is 2.53. The van der Waals surface area contributed by atoms with E-state index in [1.807, 2.05) is 0 Å². The first-order valence-electron chi connectivity index (χ1n) is 15.5. The molecule has 10 nitrogen and oxygen atoms in total. The third-order valence-electron chi connectivity index (χ3n) is 8.05. The molecule has 0 aromatic heterocycles. The van der Waals surface area contributed by atoms with Crippen LogP contribution in [0.2, 0.25) is 0 Å². The molecule has 1 aliphatic rings. The molecule has 0 unspecified atom stereocenters. The van der Waals surface area contributed by atoms with Crippen LogP contribution in [0, 0.1) is 5.82 Å². The second kappa shape index (κ2) is 15.7. The molecular weight excluding hydrogens is 658 g/mol. The van der Waals surface area contributed by atoms with Crippen LogP contribution in [-0.2, 0) is 35.2 Å². The zero-order valence-electron chi connectivity index (χ0n) is 26.9. The minimum absolute atomic E-state index is 0.0206. The SMILES string of the molecule is COc1cccc([C@H]2OC(c3ccc(OCCCO)cc3)=N[C@@]2(Cc2ccccc2CN=[N+]=[N-])C(=O)NCc2cc(F)cc(C(F)(F)F)c2)c1. The maximum atomic E-state index is 14.6. The van der Waals surface area contributed by atoms with E-state index < -0.39 is 41.7 Å². The third-order valence-corrected chi connectivity index (χ3v) is 8.05. The first-order valence-corrected chi connectivity index (χ1v) is 15.5. The number of alkyl halides is 3. The standard InChI is InChI=1S/C36H33F4N5O5/c1-48-31-9-4-8-25(18-31)32-35(20-26-6-2-3-7-27(26)22-43-45-41,34(47)42-21-23-16-28(36(38,39)40)19-29(37)17-23)44-33(50-32)24-10-12-30(13-11-24)49-15-5-14-46/h2-4,6-13,16-19,32,46H,5,14-15,20-22H2,1H3,(H,42,47)/t32-,35-/m1/s1. The van der Waals surface area contributed by atoms with Crippen molar-refractivity contribution in [2.24, 2.45) is 10.1 Å². The minimum atomic E-state index is -4.80. The van der Waals surface area contributed by atoms with Gasteiger partial charge in [-0.25, -0.2) is 9.38 Å². The monoisotopic (exact) mass is 691 g/mol. The van der Waals surface area contributed by atoms with Gasteiger partial charge in [0.25, 0.3) is 5.91 Å². The summed E-state index contributed by atoms with van der Waals surface area (Å²) in [6, 6.07) is 22.7. The van der Waals surface area contributed by atoms with Gasteiger partial charge in [0.1, 0.15) is 17.3 Å². The molecule has 0 saturated carbocycles. The molecule has 4 aromatic rings. The molecule has 0 spiro atoms. The molecule has 260 valence electrons. The zero-order chi connectivity index (χ0) is 35.7. The Morgan fingerprint density at radius 2 is 1.80 bits per heavy atom. The zero-order valence-corrected chi connectivity index (χ0v) is 26.9. The molecule has 0 fully saturated rings. The summed E-state index contributed by atoms with van der Waals surface area (Å²) in [5.41, 5.74) is 8.19. The van der Waals surface area contributed by atoms with Crippen LogP contribution < -0.4 is 14.8 Å². The summed E-state index contributed by atoms with van der Waals surface area (Å²) in [6.45, 7) is -0.184. The van der Waals surface area contributed by atoms with Gasteiger partial charge in [0.15, 0.2) is 11.6 Å². The summed E-state index contributed by atoms with van der Waals surface area (Å²) in [6.07, 6.45) is -5.52. The van der Waals surface area contributed by atoms with Crippen molar-refractivity contribution in [1.82, 2.24) is 5.32 Å². The molecule has 50 heavy (non-hydrogen) atoms. The quantitative estimate of drug-likeness (QED) is 0.0472. The maximum absolute atomic E-state index is 14.6. The summed E-state index contributed by atoms with van der Waals surface area (Å²) in [5.74, 6) is -0.697. The van der Waals surface area contributed by atoms with Gasteiger partial charge < -0.3 is 24.6 Å². The van der Waals surface area contributed by atoms with Crippen LogP contribution in [0.4, 0.5) is 17.6 Å². The second-order valence-corrected chi connectivity index (χ2v) is 11.4. The van der Waals surface area contributed by atoms with Crippen LogP contribution in [0.5, 0.6) is 11.5 Å². The number of ether oxygens (including phenoxy) is 3. The average Bonchev–Trinajstić information content (AvgIpc) is 3.50. The fraction of sp³-hybridized carbons (Fsp3) is 0.278. The Morgan fingerprint density at radius 1 is 1.04 bits per heavy atom. The Morgan fingerprint density at radius 3 is 2.50 bits per heavy atom. The van der Waals surface area contributed by atoms with Crippen molar-refractivity contribution < 1.29 is 41.7 Å². The van der Waals surface area contributed by atoms with E-state index in [-0.39, 0.29) is 31.0 Å². The molecular formula is C36H33F4N5O5. The maximum Gasteiger partial charge on any atom is 0.416 e. The second-order valence-electron chi connectivity index (χ2n) is 11.4. The first kappa shape index (κ1) is 35.7.